The lowest BCUT2D eigenvalue weighted by molar-refractivity contribution is -0.134. The number of carbonyl (C=O) groups excluding carboxylic acids is 2. The van der Waals surface area contributed by atoms with E-state index < -0.39 is 0 Å². The van der Waals surface area contributed by atoms with Crippen LogP contribution in [0.4, 0.5) is 0 Å². The maximum absolute atomic E-state index is 11.3. The maximum Gasteiger partial charge on any atom is 0.258 e. The molecule has 0 spiro atoms. The lowest BCUT2D eigenvalue weighted by Crippen LogP contribution is -2.27. The molecule has 0 unspecified atom stereocenters. The zero-order chi connectivity index (χ0) is 12.1. The van der Waals surface area contributed by atoms with Crippen LogP contribution in [0.25, 0.3) is 0 Å². The van der Waals surface area contributed by atoms with Gasteiger partial charge in [-0.05, 0) is 12.0 Å². The fourth-order valence-corrected chi connectivity index (χ4v) is 1.21. The Bertz CT molecular complexity index is 382. The first-order valence-corrected chi connectivity index (χ1v) is 5.12. The van der Waals surface area contributed by atoms with E-state index in [0.29, 0.717) is 11.6 Å². The van der Waals surface area contributed by atoms with Gasteiger partial charge >= 0.3 is 0 Å². The minimum atomic E-state index is -0.340. The van der Waals surface area contributed by atoms with Crippen LogP contribution in [0.3, 0.4) is 0 Å². The van der Waals surface area contributed by atoms with Gasteiger partial charge in [0.05, 0.1) is 0 Å². The summed E-state index contributed by atoms with van der Waals surface area (Å²) in [7, 11) is 0. The second-order valence-corrected chi connectivity index (χ2v) is 3.82. The van der Waals surface area contributed by atoms with Crippen LogP contribution < -0.4 is 0 Å². The average molecular weight is 217 g/mol. The van der Waals surface area contributed by atoms with Crippen molar-refractivity contribution in [1.82, 2.24) is 4.90 Å². The molecule has 1 heterocycles. The van der Waals surface area contributed by atoms with Gasteiger partial charge in [0.1, 0.15) is 0 Å². The van der Waals surface area contributed by atoms with E-state index in [-0.39, 0.29) is 11.8 Å². The Morgan fingerprint density at radius 3 is 2.31 bits per heavy atom. The lowest BCUT2D eigenvalue weighted by Gasteiger charge is -2.12. The fourth-order valence-electron chi connectivity index (χ4n) is 1.21. The van der Waals surface area contributed by atoms with E-state index in [9.17, 15) is 9.59 Å². The zero-order valence-corrected chi connectivity index (χ0v) is 9.51. The normalized spacial score (nSPS) is 16.3. The molecular weight excluding hydrogens is 202 g/mol. The summed E-state index contributed by atoms with van der Waals surface area (Å²) >= 11 is 0. The first-order chi connectivity index (χ1) is 7.52. The van der Waals surface area contributed by atoms with Gasteiger partial charge < -0.3 is 0 Å². The summed E-state index contributed by atoms with van der Waals surface area (Å²) < 4.78 is 0. The maximum atomic E-state index is 11.3. The fraction of sp³-hybridized carbons (Fsp3) is 0.231. The number of hydrogen-bond acceptors (Lipinski definition) is 2. The summed E-state index contributed by atoms with van der Waals surface area (Å²) in [5.74, 6) is -0.213. The summed E-state index contributed by atoms with van der Waals surface area (Å²) in [6, 6.07) is 0. The van der Waals surface area contributed by atoms with Crippen molar-refractivity contribution in [1.29, 1.82) is 0 Å². The predicted molar refractivity (Wildman–Crippen MR) is 63.3 cm³/mol. The molecule has 0 saturated carbocycles. The van der Waals surface area contributed by atoms with Gasteiger partial charge in [-0.25, -0.2) is 4.90 Å². The van der Waals surface area contributed by atoms with Gasteiger partial charge in [-0.2, -0.15) is 0 Å². The van der Waals surface area contributed by atoms with Crippen molar-refractivity contribution in [2.75, 3.05) is 0 Å². The summed E-state index contributed by atoms with van der Waals surface area (Å²) in [6.45, 7) is 7.81. The van der Waals surface area contributed by atoms with E-state index in [2.05, 4.69) is 20.4 Å². The molecule has 0 radical (unpaired) electrons. The first-order valence-electron chi connectivity index (χ1n) is 5.12. The smallest absolute Gasteiger partial charge is 0.258 e. The average Bonchev–Trinajstić information content (AvgIpc) is 2.53. The highest BCUT2D eigenvalue weighted by Crippen LogP contribution is 2.11. The molecular formula is C13H15NO2. The largest absolute Gasteiger partial charge is 0.269 e. The standard InChI is InChI=1S/C13H15NO2/c1-10(2)6-4-5-7-11(3)14-12(15)8-9-13(14)16/h4-10H,3H2,1-2H3/b6-4+,7-5-. The Hall–Kier alpha value is -1.90. The number of hydrogen-bond donors (Lipinski definition) is 0. The van der Waals surface area contributed by atoms with E-state index >= 15 is 0 Å². The van der Waals surface area contributed by atoms with E-state index in [0.717, 1.165) is 4.90 Å². The third-order valence-electron chi connectivity index (χ3n) is 1.99. The van der Waals surface area contributed by atoms with Gasteiger partial charge in [-0.3, -0.25) is 9.59 Å². The van der Waals surface area contributed by atoms with Gasteiger partial charge in [0.15, 0.2) is 0 Å². The zero-order valence-electron chi connectivity index (χ0n) is 9.51. The molecule has 0 saturated heterocycles. The van der Waals surface area contributed by atoms with Crippen LogP contribution in [0.2, 0.25) is 0 Å². The SMILES string of the molecule is C=C(/C=C\C=C\C(C)C)N1C(=O)C=CC1=O. The molecule has 0 atom stereocenters. The van der Waals surface area contributed by atoms with E-state index in [1.807, 2.05) is 12.2 Å². The van der Waals surface area contributed by atoms with Crippen LogP contribution in [0, 0.1) is 5.92 Å². The number of nitrogens with zero attached hydrogens (tertiary/aromatic N) is 1. The molecule has 1 rings (SSSR count). The van der Waals surface area contributed by atoms with Crippen LogP contribution in [-0.2, 0) is 9.59 Å². The third kappa shape index (κ3) is 3.05. The summed E-state index contributed by atoms with van der Waals surface area (Å²) in [6.07, 6.45) is 9.77. The van der Waals surface area contributed by atoms with Gasteiger partial charge in [-0.1, -0.05) is 38.7 Å². The molecule has 0 bridgehead atoms. The van der Waals surface area contributed by atoms with Gasteiger partial charge in [0.25, 0.3) is 11.8 Å². The second-order valence-electron chi connectivity index (χ2n) is 3.82. The Labute approximate surface area is 95.4 Å². The minimum absolute atomic E-state index is 0.340. The lowest BCUT2D eigenvalue weighted by atomic mass is 10.2. The molecule has 0 aliphatic carbocycles. The number of imide groups is 1. The molecule has 0 aromatic rings. The van der Waals surface area contributed by atoms with Gasteiger partial charge in [-0.15, -0.1) is 0 Å². The number of amides is 2. The number of carbonyl (C=O) groups is 2. The van der Waals surface area contributed by atoms with E-state index in [4.69, 9.17) is 0 Å². The van der Waals surface area contributed by atoms with Crippen LogP contribution in [0.1, 0.15) is 13.8 Å². The third-order valence-corrected chi connectivity index (χ3v) is 1.99. The molecule has 1 aliphatic rings. The van der Waals surface area contributed by atoms with Gasteiger partial charge in [0, 0.05) is 17.8 Å². The van der Waals surface area contributed by atoms with Crippen LogP contribution >= 0.6 is 0 Å². The molecule has 1 aliphatic heterocycles. The van der Waals surface area contributed by atoms with Crippen molar-refractivity contribution in [2.45, 2.75) is 13.8 Å². The highest BCUT2D eigenvalue weighted by molar-refractivity contribution is 6.14. The minimum Gasteiger partial charge on any atom is -0.269 e. The van der Waals surface area contributed by atoms with E-state index in [1.165, 1.54) is 12.2 Å². The highest BCUT2D eigenvalue weighted by Gasteiger charge is 2.24. The van der Waals surface area contributed by atoms with Crippen molar-refractivity contribution < 1.29 is 9.59 Å². The first kappa shape index (κ1) is 12.2. The highest BCUT2D eigenvalue weighted by atomic mass is 16.2. The number of allylic oxidation sites excluding steroid dienone is 4. The number of rotatable bonds is 4. The van der Waals surface area contributed by atoms with Crippen LogP contribution in [-0.4, -0.2) is 16.7 Å². The molecule has 0 N–H and O–H groups in total. The van der Waals surface area contributed by atoms with E-state index in [1.54, 1.807) is 12.2 Å². The topological polar surface area (TPSA) is 37.4 Å². The van der Waals surface area contributed by atoms with Crippen LogP contribution in [0.15, 0.2) is 48.7 Å². The molecule has 2 amide bonds. The van der Waals surface area contributed by atoms with Gasteiger partial charge in [0.2, 0.25) is 0 Å². The molecule has 0 fully saturated rings. The Morgan fingerprint density at radius 2 is 1.81 bits per heavy atom. The Kier molecular flexibility index (Phi) is 4.00. The summed E-state index contributed by atoms with van der Waals surface area (Å²) in [5.41, 5.74) is 0.383. The second kappa shape index (κ2) is 5.26. The summed E-state index contributed by atoms with van der Waals surface area (Å²) in [4.78, 5) is 23.6. The van der Waals surface area contributed by atoms with Crippen LogP contribution in [0.5, 0.6) is 0 Å². The molecule has 84 valence electrons. The van der Waals surface area contributed by atoms with Crippen molar-refractivity contribution in [3.05, 3.63) is 48.7 Å². The summed E-state index contributed by atoms with van der Waals surface area (Å²) in [5, 5.41) is 0. The molecule has 3 nitrogen and oxygen atoms in total. The van der Waals surface area contributed by atoms with Crippen molar-refractivity contribution in [3.63, 3.8) is 0 Å². The van der Waals surface area contributed by atoms with Crippen molar-refractivity contribution in [3.8, 4) is 0 Å². The molecule has 16 heavy (non-hydrogen) atoms. The Balaban J connectivity index is 2.60. The van der Waals surface area contributed by atoms with Crippen molar-refractivity contribution in [2.24, 2.45) is 5.92 Å². The quantitative estimate of drug-likeness (QED) is 0.534. The predicted octanol–water partition coefficient (Wildman–Crippen LogP) is 2.19. The molecule has 3 heteroatoms. The monoisotopic (exact) mass is 217 g/mol. The molecule has 0 aromatic carbocycles. The molecule has 0 aromatic heterocycles. The Morgan fingerprint density at radius 1 is 1.25 bits per heavy atom. The van der Waals surface area contributed by atoms with Crippen molar-refractivity contribution >= 4 is 11.8 Å².